The van der Waals surface area contributed by atoms with Crippen LogP contribution < -0.4 is 19.5 Å². The van der Waals surface area contributed by atoms with Gasteiger partial charge in [0.1, 0.15) is 19.0 Å². The zero-order valence-corrected chi connectivity index (χ0v) is 19.1. The van der Waals surface area contributed by atoms with Crippen molar-refractivity contribution in [3.05, 3.63) is 47.5 Å². The Morgan fingerprint density at radius 2 is 1.75 bits per heavy atom. The van der Waals surface area contributed by atoms with Crippen LogP contribution in [0.25, 0.3) is 0 Å². The number of carbonyl (C=O) groups is 1. The maximum Gasteiger partial charge on any atom is 0.255 e. The molecule has 2 heterocycles. The fourth-order valence-corrected chi connectivity index (χ4v) is 5.51. The third kappa shape index (κ3) is 4.54. The first kappa shape index (κ1) is 22.4. The second-order valence-electron chi connectivity index (χ2n) is 7.93. The molecule has 1 amide bonds. The highest BCUT2D eigenvalue weighted by atomic mass is 32.2. The van der Waals surface area contributed by atoms with Crippen LogP contribution in [0.15, 0.2) is 41.3 Å². The van der Waals surface area contributed by atoms with Crippen molar-refractivity contribution in [2.45, 2.75) is 37.1 Å². The summed E-state index contributed by atoms with van der Waals surface area (Å²) in [5.41, 5.74) is 1.02. The fourth-order valence-electron chi connectivity index (χ4n) is 3.97. The Balaban J connectivity index is 1.56. The number of rotatable bonds is 6. The third-order valence-corrected chi connectivity index (χ3v) is 7.68. The molecule has 0 aromatic heterocycles. The summed E-state index contributed by atoms with van der Waals surface area (Å²) in [5.74, 6) is 1.22. The Labute approximate surface area is 188 Å². The molecule has 2 aromatic rings. The van der Waals surface area contributed by atoms with Gasteiger partial charge in [0.2, 0.25) is 10.0 Å². The summed E-state index contributed by atoms with van der Waals surface area (Å²) in [6.45, 7) is 3.83. The molecule has 32 heavy (non-hydrogen) atoms. The van der Waals surface area contributed by atoms with Crippen molar-refractivity contribution in [3.8, 4) is 17.2 Å². The molecule has 172 valence electrons. The standard InChI is InChI=1S/C23H28N2O6S/c1-16(17-6-8-21-22(14-17)31-13-12-30-21)24-23(26)19-15-18(7-9-20(19)29-2)32(27,28)25-10-4-3-5-11-25/h6-9,14-16H,3-5,10-13H2,1-2H3,(H,24,26)/t16-/m1/s1. The third-order valence-electron chi connectivity index (χ3n) is 5.78. The van der Waals surface area contributed by atoms with Crippen molar-refractivity contribution in [1.82, 2.24) is 9.62 Å². The molecule has 1 saturated heterocycles. The molecule has 0 unspecified atom stereocenters. The number of carbonyl (C=O) groups excluding carboxylic acids is 1. The van der Waals surface area contributed by atoms with E-state index in [1.165, 1.54) is 29.6 Å². The Bertz CT molecular complexity index is 1100. The second-order valence-corrected chi connectivity index (χ2v) is 9.86. The van der Waals surface area contributed by atoms with Crippen molar-refractivity contribution >= 4 is 15.9 Å². The maximum atomic E-state index is 13.1. The van der Waals surface area contributed by atoms with Gasteiger partial charge in [0.15, 0.2) is 11.5 Å². The minimum Gasteiger partial charge on any atom is -0.496 e. The summed E-state index contributed by atoms with van der Waals surface area (Å²) in [4.78, 5) is 13.2. The zero-order chi connectivity index (χ0) is 22.7. The largest absolute Gasteiger partial charge is 0.496 e. The summed E-state index contributed by atoms with van der Waals surface area (Å²) in [7, 11) is -2.21. The van der Waals surface area contributed by atoms with Crippen LogP contribution in [0.1, 0.15) is 48.1 Å². The van der Waals surface area contributed by atoms with Crippen LogP contribution in [0.5, 0.6) is 17.2 Å². The number of piperidine rings is 1. The molecular weight excluding hydrogens is 432 g/mol. The fraction of sp³-hybridized carbons (Fsp3) is 0.435. The molecule has 0 saturated carbocycles. The molecule has 4 rings (SSSR count). The predicted octanol–water partition coefficient (Wildman–Crippen LogP) is 3.13. The van der Waals surface area contributed by atoms with E-state index in [-0.39, 0.29) is 16.5 Å². The van der Waals surface area contributed by atoms with E-state index < -0.39 is 15.9 Å². The molecule has 2 aliphatic rings. The number of benzene rings is 2. The van der Waals surface area contributed by atoms with Gasteiger partial charge < -0.3 is 19.5 Å². The Kier molecular flexibility index (Phi) is 6.57. The number of fused-ring (bicyclic) bond motifs is 1. The van der Waals surface area contributed by atoms with Crippen LogP contribution in [0.3, 0.4) is 0 Å². The number of nitrogens with zero attached hydrogens (tertiary/aromatic N) is 1. The summed E-state index contributed by atoms with van der Waals surface area (Å²) < 4.78 is 44.1. The minimum absolute atomic E-state index is 0.0948. The van der Waals surface area contributed by atoms with Crippen LogP contribution in [0.4, 0.5) is 0 Å². The molecule has 8 nitrogen and oxygen atoms in total. The topological polar surface area (TPSA) is 94.2 Å². The summed E-state index contributed by atoms with van der Waals surface area (Å²) >= 11 is 0. The molecule has 1 atom stereocenters. The van der Waals surface area contributed by atoms with Gasteiger partial charge in [-0.15, -0.1) is 0 Å². The highest BCUT2D eigenvalue weighted by molar-refractivity contribution is 7.89. The van der Waals surface area contributed by atoms with E-state index in [1.54, 1.807) is 0 Å². The van der Waals surface area contributed by atoms with E-state index in [9.17, 15) is 13.2 Å². The van der Waals surface area contributed by atoms with Crippen LogP contribution in [-0.4, -0.2) is 52.0 Å². The molecule has 9 heteroatoms. The average molecular weight is 461 g/mol. The zero-order valence-electron chi connectivity index (χ0n) is 18.3. The van der Waals surface area contributed by atoms with Crippen LogP contribution in [0.2, 0.25) is 0 Å². The highest BCUT2D eigenvalue weighted by Crippen LogP contribution is 2.33. The molecule has 2 aliphatic heterocycles. The van der Waals surface area contributed by atoms with Gasteiger partial charge in [0.25, 0.3) is 5.91 Å². The lowest BCUT2D eigenvalue weighted by atomic mass is 10.1. The number of sulfonamides is 1. The second kappa shape index (κ2) is 9.38. The lowest BCUT2D eigenvalue weighted by Crippen LogP contribution is -2.35. The van der Waals surface area contributed by atoms with Gasteiger partial charge in [-0.25, -0.2) is 8.42 Å². The van der Waals surface area contributed by atoms with Gasteiger partial charge in [0, 0.05) is 13.1 Å². The highest BCUT2D eigenvalue weighted by Gasteiger charge is 2.28. The summed E-state index contributed by atoms with van der Waals surface area (Å²) in [5, 5.41) is 2.93. The number of nitrogens with one attached hydrogen (secondary N) is 1. The van der Waals surface area contributed by atoms with Crippen molar-refractivity contribution in [2.24, 2.45) is 0 Å². The number of hydrogen-bond acceptors (Lipinski definition) is 6. The lowest BCUT2D eigenvalue weighted by molar-refractivity contribution is 0.0936. The average Bonchev–Trinajstić information content (AvgIpc) is 2.83. The van der Waals surface area contributed by atoms with E-state index in [4.69, 9.17) is 14.2 Å². The van der Waals surface area contributed by atoms with E-state index in [0.717, 1.165) is 24.8 Å². The molecule has 1 N–H and O–H groups in total. The Morgan fingerprint density at radius 3 is 2.47 bits per heavy atom. The van der Waals surface area contributed by atoms with Gasteiger partial charge in [-0.05, 0) is 55.7 Å². The number of hydrogen-bond donors (Lipinski definition) is 1. The van der Waals surface area contributed by atoms with Crippen molar-refractivity contribution in [3.63, 3.8) is 0 Å². The number of amides is 1. The first-order chi connectivity index (χ1) is 15.4. The smallest absolute Gasteiger partial charge is 0.255 e. The van der Waals surface area contributed by atoms with E-state index in [0.29, 0.717) is 43.6 Å². The normalized spacial score (nSPS) is 17.4. The van der Waals surface area contributed by atoms with Gasteiger partial charge in [0.05, 0.1) is 23.6 Å². The van der Waals surface area contributed by atoms with Crippen LogP contribution >= 0.6 is 0 Å². The monoisotopic (exact) mass is 460 g/mol. The predicted molar refractivity (Wildman–Crippen MR) is 119 cm³/mol. The van der Waals surface area contributed by atoms with Gasteiger partial charge in [-0.3, -0.25) is 4.79 Å². The van der Waals surface area contributed by atoms with Crippen LogP contribution in [-0.2, 0) is 10.0 Å². The maximum absolute atomic E-state index is 13.1. The molecule has 1 fully saturated rings. The van der Waals surface area contributed by atoms with Crippen LogP contribution in [0, 0.1) is 0 Å². The minimum atomic E-state index is -3.67. The van der Waals surface area contributed by atoms with Crippen molar-refractivity contribution in [1.29, 1.82) is 0 Å². The molecule has 0 spiro atoms. The number of methoxy groups -OCH3 is 1. The number of ether oxygens (including phenoxy) is 3. The van der Waals surface area contributed by atoms with E-state index in [1.807, 2.05) is 25.1 Å². The Hall–Kier alpha value is -2.78. The van der Waals surface area contributed by atoms with Crippen molar-refractivity contribution in [2.75, 3.05) is 33.4 Å². The van der Waals surface area contributed by atoms with E-state index in [2.05, 4.69) is 5.32 Å². The molecule has 0 radical (unpaired) electrons. The van der Waals surface area contributed by atoms with Gasteiger partial charge in [-0.2, -0.15) is 4.31 Å². The Morgan fingerprint density at radius 1 is 1.03 bits per heavy atom. The van der Waals surface area contributed by atoms with E-state index >= 15 is 0 Å². The molecule has 2 aromatic carbocycles. The SMILES string of the molecule is COc1ccc(S(=O)(=O)N2CCCCC2)cc1C(=O)N[C@H](C)c1ccc2c(c1)OCCO2. The van der Waals surface area contributed by atoms with Gasteiger partial charge >= 0.3 is 0 Å². The quantitative estimate of drug-likeness (QED) is 0.712. The molecule has 0 aliphatic carbocycles. The molecular formula is C23H28N2O6S. The van der Waals surface area contributed by atoms with Crippen molar-refractivity contribution < 1.29 is 27.4 Å². The summed E-state index contributed by atoms with van der Waals surface area (Å²) in [6, 6.07) is 9.60. The first-order valence-electron chi connectivity index (χ1n) is 10.8. The first-order valence-corrected chi connectivity index (χ1v) is 12.2. The summed E-state index contributed by atoms with van der Waals surface area (Å²) in [6.07, 6.45) is 2.71. The lowest BCUT2D eigenvalue weighted by Gasteiger charge is -2.26. The van der Waals surface area contributed by atoms with Gasteiger partial charge in [-0.1, -0.05) is 12.5 Å². The molecule has 0 bridgehead atoms.